The molecule has 6 nitrogen and oxygen atoms in total. The highest BCUT2D eigenvalue weighted by Crippen LogP contribution is 2.19. The molecule has 0 saturated carbocycles. The highest BCUT2D eigenvalue weighted by Gasteiger charge is 2.19. The molecule has 0 saturated heterocycles. The molecule has 0 radical (unpaired) electrons. The van der Waals surface area contributed by atoms with Crippen molar-refractivity contribution in [1.82, 2.24) is 0 Å². The summed E-state index contributed by atoms with van der Waals surface area (Å²) in [7, 11) is 0. The van der Waals surface area contributed by atoms with Crippen molar-refractivity contribution in [3.05, 3.63) is 12.2 Å². The summed E-state index contributed by atoms with van der Waals surface area (Å²) in [5.74, 6) is -0.846. The van der Waals surface area contributed by atoms with E-state index in [1.165, 1.54) is 308 Å². The molecule has 78 heavy (non-hydrogen) atoms. The first kappa shape index (κ1) is 76.1. The third-order valence-corrected chi connectivity index (χ3v) is 16.5. The quantitative estimate of drug-likeness (QED) is 0.0261. The molecule has 0 bridgehead atoms. The number of esters is 3. The summed E-state index contributed by atoms with van der Waals surface area (Å²) in [6.45, 7) is 6.67. The second kappa shape index (κ2) is 67.7. The van der Waals surface area contributed by atoms with Crippen molar-refractivity contribution in [3.63, 3.8) is 0 Å². The SMILES string of the molecule is CCCC/C=C\CCCCCCCC(=O)OCC(COC(=O)CCCCCCCCCCCCCCCCCCCCCCCCCCCCCCCCCCCC)OC(=O)CCCCCCCCCCCCCCCCC. The van der Waals surface area contributed by atoms with Gasteiger partial charge in [0.25, 0.3) is 0 Å². The normalized spacial score (nSPS) is 12.0. The van der Waals surface area contributed by atoms with Crippen molar-refractivity contribution in [2.75, 3.05) is 13.2 Å². The van der Waals surface area contributed by atoms with E-state index in [1.807, 2.05) is 0 Å². The van der Waals surface area contributed by atoms with Crippen LogP contribution in [0.1, 0.15) is 412 Å². The van der Waals surface area contributed by atoms with E-state index >= 15 is 0 Å². The fourth-order valence-corrected chi connectivity index (χ4v) is 11.1. The summed E-state index contributed by atoms with van der Waals surface area (Å²) >= 11 is 0. The van der Waals surface area contributed by atoms with Gasteiger partial charge in [0.05, 0.1) is 0 Å². The third kappa shape index (κ3) is 65.0. The van der Waals surface area contributed by atoms with Gasteiger partial charge in [0.15, 0.2) is 6.10 Å². The minimum Gasteiger partial charge on any atom is -0.462 e. The largest absolute Gasteiger partial charge is 0.462 e. The number of unbranched alkanes of at least 4 members (excludes halogenated alkanes) is 54. The lowest BCUT2D eigenvalue weighted by molar-refractivity contribution is -0.167. The molecule has 462 valence electrons. The first-order valence-electron chi connectivity index (χ1n) is 35.7. The highest BCUT2D eigenvalue weighted by atomic mass is 16.6. The molecule has 0 N–H and O–H groups in total. The Kier molecular flexibility index (Phi) is 66.0. The van der Waals surface area contributed by atoms with Gasteiger partial charge in [-0.3, -0.25) is 14.4 Å². The number of hydrogen-bond donors (Lipinski definition) is 0. The van der Waals surface area contributed by atoms with E-state index in [0.717, 1.165) is 64.2 Å². The molecule has 0 aliphatic carbocycles. The van der Waals surface area contributed by atoms with Gasteiger partial charge in [-0.2, -0.15) is 0 Å². The van der Waals surface area contributed by atoms with Gasteiger partial charge in [0.2, 0.25) is 0 Å². The first-order chi connectivity index (χ1) is 38.5. The Hall–Kier alpha value is -1.85. The predicted molar refractivity (Wildman–Crippen MR) is 340 cm³/mol. The zero-order valence-electron chi connectivity index (χ0n) is 53.2. The Labute approximate surface area is 488 Å². The van der Waals surface area contributed by atoms with E-state index < -0.39 is 6.10 Å². The Morgan fingerprint density at radius 1 is 0.244 bits per heavy atom. The third-order valence-electron chi connectivity index (χ3n) is 16.5. The first-order valence-corrected chi connectivity index (χ1v) is 35.7. The molecule has 0 heterocycles. The van der Waals surface area contributed by atoms with Crippen LogP contribution in [0.4, 0.5) is 0 Å². The molecule has 1 atom stereocenters. The average Bonchev–Trinajstić information content (AvgIpc) is 3.44. The summed E-state index contributed by atoms with van der Waals surface area (Å²) in [4.78, 5) is 38.3. The number of rotatable bonds is 67. The standard InChI is InChI=1S/C72H138O6/c1-4-7-10-13-16-19-22-24-26-27-28-29-30-31-32-33-34-35-36-37-38-39-40-41-42-43-44-46-47-50-53-56-59-62-65-71(74)77-68-69(67-76-70(73)64-61-58-55-52-49-21-18-15-12-9-6-3)78-72(75)66-63-60-57-54-51-48-45-25-23-20-17-14-11-8-5-2/h15,18,69H,4-14,16-17,19-68H2,1-3H3/b18-15-. The fourth-order valence-electron chi connectivity index (χ4n) is 11.1. The molecule has 0 aromatic heterocycles. The number of carbonyl (C=O) groups excluding carboxylic acids is 3. The lowest BCUT2D eigenvalue weighted by Gasteiger charge is -2.18. The van der Waals surface area contributed by atoms with E-state index in [0.29, 0.717) is 19.3 Å². The molecule has 0 aliphatic heterocycles. The molecule has 0 amide bonds. The fraction of sp³-hybridized carbons (Fsp3) is 0.931. The number of hydrogen-bond acceptors (Lipinski definition) is 6. The topological polar surface area (TPSA) is 78.9 Å². The average molecular weight is 1100 g/mol. The van der Waals surface area contributed by atoms with Gasteiger partial charge in [0, 0.05) is 19.3 Å². The molecule has 1 unspecified atom stereocenters. The van der Waals surface area contributed by atoms with Crippen molar-refractivity contribution in [1.29, 1.82) is 0 Å². The van der Waals surface area contributed by atoms with Crippen molar-refractivity contribution < 1.29 is 28.6 Å². The Bertz CT molecular complexity index is 1210. The lowest BCUT2D eigenvalue weighted by atomic mass is 10.0. The van der Waals surface area contributed by atoms with E-state index in [2.05, 4.69) is 32.9 Å². The van der Waals surface area contributed by atoms with Crippen molar-refractivity contribution in [2.24, 2.45) is 0 Å². The second-order valence-corrected chi connectivity index (χ2v) is 24.5. The van der Waals surface area contributed by atoms with Gasteiger partial charge in [-0.25, -0.2) is 0 Å². The van der Waals surface area contributed by atoms with Crippen molar-refractivity contribution >= 4 is 17.9 Å². The van der Waals surface area contributed by atoms with Gasteiger partial charge < -0.3 is 14.2 Å². The van der Waals surface area contributed by atoms with E-state index in [1.54, 1.807) is 0 Å². The second-order valence-electron chi connectivity index (χ2n) is 24.5. The van der Waals surface area contributed by atoms with Crippen molar-refractivity contribution in [2.45, 2.75) is 419 Å². The van der Waals surface area contributed by atoms with Crippen LogP contribution in [0.15, 0.2) is 12.2 Å². The maximum Gasteiger partial charge on any atom is 0.306 e. The molecule has 0 aromatic rings. The van der Waals surface area contributed by atoms with Crippen LogP contribution >= 0.6 is 0 Å². The van der Waals surface area contributed by atoms with Crippen molar-refractivity contribution in [3.8, 4) is 0 Å². The zero-order valence-corrected chi connectivity index (χ0v) is 53.2. The maximum atomic E-state index is 12.9. The zero-order chi connectivity index (χ0) is 56.4. The molecule has 0 fully saturated rings. The van der Waals surface area contributed by atoms with E-state index in [-0.39, 0.29) is 31.1 Å². The van der Waals surface area contributed by atoms with Crippen LogP contribution in [-0.2, 0) is 28.6 Å². The smallest absolute Gasteiger partial charge is 0.306 e. The molecule has 0 aliphatic rings. The maximum absolute atomic E-state index is 12.9. The van der Waals surface area contributed by atoms with E-state index in [9.17, 15) is 14.4 Å². The summed E-state index contributed by atoms with van der Waals surface area (Å²) in [5.41, 5.74) is 0. The van der Waals surface area contributed by atoms with E-state index in [4.69, 9.17) is 14.2 Å². The monoisotopic (exact) mass is 1100 g/mol. The molecular formula is C72H138O6. The molecule has 0 aromatic carbocycles. The number of ether oxygens (including phenoxy) is 3. The molecule has 0 spiro atoms. The van der Waals surface area contributed by atoms with Crippen LogP contribution in [0.3, 0.4) is 0 Å². The molecule has 6 heteroatoms. The predicted octanol–water partition coefficient (Wildman–Crippen LogP) is 24.4. The highest BCUT2D eigenvalue weighted by molar-refractivity contribution is 5.71. The van der Waals surface area contributed by atoms with Crippen LogP contribution in [0.25, 0.3) is 0 Å². The van der Waals surface area contributed by atoms with Gasteiger partial charge in [-0.1, -0.05) is 367 Å². The minimum absolute atomic E-state index is 0.0662. The number of allylic oxidation sites excluding steroid dienone is 2. The number of carbonyl (C=O) groups is 3. The van der Waals surface area contributed by atoms with Crippen LogP contribution < -0.4 is 0 Å². The Balaban J connectivity index is 3.99. The van der Waals surface area contributed by atoms with Crippen LogP contribution in [-0.4, -0.2) is 37.2 Å². The molecule has 0 rings (SSSR count). The lowest BCUT2D eigenvalue weighted by Crippen LogP contribution is -2.30. The van der Waals surface area contributed by atoms with Gasteiger partial charge >= 0.3 is 17.9 Å². The summed E-state index contributed by atoms with van der Waals surface area (Å²) < 4.78 is 16.9. The van der Waals surface area contributed by atoms with Gasteiger partial charge in [-0.15, -0.1) is 0 Å². The van der Waals surface area contributed by atoms with Crippen LogP contribution in [0.5, 0.6) is 0 Å². The Morgan fingerprint density at radius 3 is 0.679 bits per heavy atom. The van der Waals surface area contributed by atoms with Crippen LogP contribution in [0.2, 0.25) is 0 Å². The molecular weight excluding hydrogens is 961 g/mol. The minimum atomic E-state index is -0.768. The Morgan fingerprint density at radius 2 is 0.436 bits per heavy atom. The van der Waals surface area contributed by atoms with Crippen LogP contribution in [0, 0.1) is 0 Å². The summed E-state index contributed by atoms with van der Waals surface area (Å²) in [6, 6.07) is 0. The summed E-state index contributed by atoms with van der Waals surface area (Å²) in [6.07, 6.45) is 81.3. The van der Waals surface area contributed by atoms with Gasteiger partial charge in [-0.05, 0) is 38.5 Å². The van der Waals surface area contributed by atoms with Gasteiger partial charge in [0.1, 0.15) is 13.2 Å². The summed E-state index contributed by atoms with van der Waals surface area (Å²) in [5, 5.41) is 0.